The molecule has 4 heteroatoms. The van der Waals surface area contributed by atoms with Crippen molar-refractivity contribution in [3.63, 3.8) is 0 Å². The Hall–Kier alpha value is -1.00. The predicted molar refractivity (Wildman–Crippen MR) is 105 cm³/mol. The number of ketones is 2. The lowest BCUT2D eigenvalue weighted by molar-refractivity contribution is -0.148. The topological polar surface area (TPSA) is 54.4 Å². The largest absolute Gasteiger partial charge is 0.393 e. The van der Waals surface area contributed by atoms with Gasteiger partial charge in [-0.15, -0.1) is 0 Å². The molecule has 2 fully saturated rings. The molecule has 0 aromatic heterocycles. The summed E-state index contributed by atoms with van der Waals surface area (Å²) in [7, 11) is -1.67. The Morgan fingerprint density at radius 3 is 2.35 bits per heavy atom. The molecule has 1 N–H and O–H groups in total. The third-order valence-corrected chi connectivity index (χ3v) is 10.4. The fraction of sp³-hybridized carbons (Fsp3) is 0.727. The molecule has 0 aliphatic heterocycles. The van der Waals surface area contributed by atoms with E-state index in [0.29, 0.717) is 5.92 Å². The summed E-state index contributed by atoms with van der Waals surface area (Å²) in [5, 5.41) is 11.9. The highest BCUT2D eigenvalue weighted by Gasteiger charge is 2.65. The maximum absolute atomic E-state index is 13.2. The molecule has 142 valence electrons. The Bertz CT molecular complexity index is 769. The van der Waals surface area contributed by atoms with Crippen molar-refractivity contribution in [1.82, 2.24) is 0 Å². The van der Waals surface area contributed by atoms with Crippen molar-refractivity contribution in [1.29, 1.82) is 0 Å². The molecule has 2 saturated carbocycles. The van der Waals surface area contributed by atoms with Crippen molar-refractivity contribution >= 4 is 19.6 Å². The standard InChI is InChI=1S/C22H32O3Si/c1-20(2)15-7-10-22-12-14(26(4,5)6)13(18(24)19(22)25)11-16(22)21(15,3)9-8-17(20)23/h11-13,15,17,23H,7-10H2,1-6H3. The molecule has 5 atom stereocenters. The molecular formula is C22H32O3Si. The van der Waals surface area contributed by atoms with Crippen molar-refractivity contribution in [3.05, 3.63) is 22.9 Å². The number of fused-ring (bicyclic) bond motifs is 2. The van der Waals surface area contributed by atoms with Crippen molar-refractivity contribution in [2.24, 2.45) is 28.1 Å². The Kier molecular flexibility index (Phi) is 3.59. The van der Waals surface area contributed by atoms with Crippen LogP contribution in [-0.4, -0.2) is 30.9 Å². The molecule has 5 rings (SSSR count). The van der Waals surface area contributed by atoms with Gasteiger partial charge in [0.1, 0.15) is 0 Å². The highest BCUT2D eigenvalue weighted by molar-refractivity contribution is 6.84. The third kappa shape index (κ3) is 2.03. The molecule has 3 nitrogen and oxygen atoms in total. The van der Waals surface area contributed by atoms with E-state index in [1.807, 2.05) is 0 Å². The highest BCUT2D eigenvalue weighted by Crippen LogP contribution is 2.67. The van der Waals surface area contributed by atoms with Gasteiger partial charge in [0.15, 0.2) is 0 Å². The van der Waals surface area contributed by atoms with E-state index in [1.165, 1.54) is 10.8 Å². The second-order valence-corrected chi connectivity index (χ2v) is 16.0. The first-order valence-electron chi connectivity index (χ1n) is 10.1. The number of hydrogen-bond acceptors (Lipinski definition) is 3. The second kappa shape index (κ2) is 5.08. The monoisotopic (exact) mass is 372 g/mol. The molecule has 0 radical (unpaired) electrons. The van der Waals surface area contributed by atoms with Crippen LogP contribution in [0.2, 0.25) is 19.6 Å². The minimum absolute atomic E-state index is 0.100. The summed E-state index contributed by atoms with van der Waals surface area (Å²) in [5.74, 6) is -0.311. The van der Waals surface area contributed by atoms with Crippen molar-refractivity contribution < 1.29 is 14.7 Å². The summed E-state index contributed by atoms with van der Waals surface area (Å²) in [4.78, 5) is 26.1. The number of allylic oxidation sites excluding steroid dienone is 4. The molecule has 0 heterocycles. The Morgan fingerprint density at radius 1 is 1.08 bits per heavy atom. The number of carbonyl (C=O) groups excluding carboxylic acids is 2. The van der Waals surface area contributed by atoms with Gasteiger partial charge in [-0.2, -0.15) is 0 Å². The van der Waals surface area contributed by atoms with Crippen LogP contribution in [0.4, 0.5) is 0 Å². The zero-order valence-electron chi connectivity index (χ0n) is 17.0. The Morgan fingerprint density at radius 2 is 1.73 bits per heavy atom. The average molecular weight is 373 g/mol. The second-order valence-electron chi connectivity index (χ2n) is 11.0. The van der Waals surface area contributed by atoms with Crippen LogP contribution in [0, 0.1) is 28.1 Å². The summed E-state index contributed by atoms with van der Waals surface area (Å²) in [6.45, 7) is 13.5. The molecule has 5 aliphatic carbocycles. The van der Waals surface area contributed by atoms with Gasteiger partial charge in [0, 0.05) is 0 Å². The number of hydrogen-bond donors (Lipinski definition) is 1. The lowest BCUT2D eigenvalue weighted by Gasteiger charge is -2.62. The molecule has 0 amide bonds. The van der Waals surface area contributed by atoms with Crippen LogP contribution >= 0.6 is 0 Å². The number of carbonyl (C=O) groups is 2. The molecule has 5 unspecified atom stereocenters. The molecule has 0 aromatic rings. The Labute approximate surface area is 157 Å². The molecule has 26 heavy (non-hydrogen) atoms. The van der Waals surface area contributed by atoms with E-state index < -0.39 is 13.5 Å². The van der Waals surface area contributed by atoms with Crippen LogP contribution in [-0.2, 0) is 9.59 Å². The van der Waals surface area contributed by atoms with Crippen LogP contribution in [0.5, 0.6) is 0 Å². The van der Waals surface area contributed by atoms with Gasteiger partial charge in [-0.25, -0.2) is 0 Å². The van der Waals surface area contributed by atoms with Crippen molar-refractivity contribution in [3.8, 4) is 0 Å². The van der Waals surface area contributed by atoms with Gasteiger partial charge >= 0.3 is 0 Å². The van der Waals surface area contributed by atoms with Gasteiger partial charge in [0.05, 0.1) is 25.5 Å². The summed E-state index contributed by atoms with van der Waals surface area (Å²) < 4.78 is 0. The van der Waals surface area contributed by atoms with E-state index in [2.05, 4.69) is 52.6 Å². The summed E-state index contributed by atoms with van der Waals surface area (Å²) in [6.07, 6.45) is 7.43. The molecule has 0 aromatic carbocycles. The summed E-state index contributed by atoms with van der Waals surface area (Å²) >= 11 is 0. The summed E-state index contributed by atoms with van der Waals surface area (Å²) in [6, 6.07) is 0. The maximum atomic E-state index is 13.2. The van der Waals surface area contributed by atoms with Crippen LogP contribution in [0.15, 0.2) is 22.9 Å². The number of Topliss-reactive ketones (excluding diaryl/α,β-unsaturated/α-hetero) is 2. The lowest BCUT2D eigenvalue weighted by atomic mass is 9.41. The smallest absolute Gasteiger partial charge is 0.213 e. The number of aliphatic hydroxyl groups excluding tert-OH is 1. The Balaban J connectivity index is 1.89. The lowest BCUT2D eigenvalue weighted by Crippen LogP contribution is -2.61. The minimum atomic E-state index is -1.67. The van der Waals surface area contributed by atoms with Gasteiger partial charge in [-0.1, -0.05) is 57.8 Å². The molecular weight excluding hydrogens is 340 g/mol. The van der Waals surface area contributed by atoms with Crippen LogP contribution in [0.25, 0.3) is 0 Å². The number of rotatable bonds is 1. The first-order chi connectivity index (χ1) is 11.9. The molecule has 1 spiro atoms. The van der Waals surface area contributed by atoms with Crippen LogP contribution in [0.1, 0.15) is 46.5 Å². The van der Waals surface area contributed by atoms with E-state index in [0.717, 1.165) is 25.7 Å². The zero-order valence-corrected chi connectivity index (χ0v) is 18.0. The van der Waals surface area contributed by atoms with Gasteiger partial charge in [-0.3, -0.25) is 9.59 Å². The average Bonchev–Trinajstić information content (AvgIpc) is 2.54. The van der Waals surface area contributed by atoms with Crippen molar-refractivity contribution in [2.45, 2.75) is 72.2 Å². The maximum Gasteiger partial charge on any atom is 0.213 e. The molecule has 2 bridgehead atoms. The SMILES string of the molecule is CC12CCC(O)C(C)(C)C1CCC13C=C([Si](C)(C)C)C(C=C12)C(=O)C3=O. The van der Waals surface area contributed by atoms with Crippen LogP contribution < -0.4 is 0 Å². The molecule has 5 aliphatic rings. The first-order valence-corrected chi connectivity index (χ1v) is 13.6. The fourth-order valence-corrected chi connectivity index (χ4v) is 8.56. The van der Waals surface area contributed by atoms with Crippen molar-refractivity contribution in [2.75, 3.05) is 0 Å². The quantitative estimate of drug-likeness (QED) is 0.429. The van der Waals surface area contributed by atoms with Gasteiger partial charge in [0.2, 0.25) is 11.6 Å². The van der Waals surface area contributed by atoms with Gasteiger partial charge < -0.3 is 5.11 Å². The predicted octanol–water partition coefficient (Wildman–Crippen LogP) is 4.08. The van der Waals surface area contributed by atoms with E-state index in [9.17, 15) is 14.7 Å². The van der Waals surface area contributed by atoms with E-state index in [4.69, 9.17) is 0 Å². The van der Waals surface area contributed by atoms with Gasteiger partial charge in [-0.05, 0) is 48.0 Å². The van der Waals surface area contributed by atoms with Crippen LogP contribution in [0.3, 0.4) is 0 Å². The van der Waals surface area contributed by atoms with E-state index in [-0.39, 0.29) is 34.4 Å². The molecule has 0 saturated heterocycles. The third-order valence-electron chi connectivity index (χ3n) is 8.23. The van der Waals surface area contributed by atoms with E-state index in [1.54, 1.807) is 0 Å². The normalized spacial score (nSPS) is 44.2. The minimum Gasteiger partial charge on any atom is -0.393 e. The summed E-state index contributed by atoms with van der Waals surface area (Å²) in [5.41, 5.74) is 0.255. The fourth-order valence-electron chi connectivity index (χ4n) is 6.73. The first kappa shape index (κ1) is 18.4. The zero-order chi connectivity index (χ0) is 19.3. The van der Waals surface area contributed by atoms with Gasteiger partial charge in [0.25, 0.3) is 0 Å². The van der Waals surface area contributed by atoms with E-state index >= 15 is 0 Å². The highest BCUT2D eigenvalue weighted by atomic mass is 28.3. The number of aliphatic hydroxyl groups is 1.